The first-order valence-electron chi connectivity index (χ1n) is 11.9. The van der Waals surface area contributed by atoms with Crippen LogP contribution in [0.4, 0.5) is 5.69 Å². The molecule has 0 aliphatic heterocycles. The molecular formula is C29H36N2O3S. The number of sulfonamides is 1. The lowest BCUT2D eigenvalue weighted by atomic mass is 9.79. The predicted octanol–water partition coefficient (Wildman–Crippen LogP) is 5.76. The number of carbonyl (C=O) groups excluding carboxylic acids is 1. The van der Waals surface area contributed by atoms with Gasteiger partial charge < -0.3 is 5.32 Å². The monoisotopic (exact) mass is 492 g/mol. The van der Waals surface area contributed by atoms with Crippen LogP contribution >= 0.6 is 0 Å². The van der Waals surface area contributed by atoms with Crippen molar-refractivity contribution in [3.63, 3.8) is 0 Å². The lowest BCUT2D eigenvalue weighted by molar-refractivity contribution is 0.0934. The molecule has 3 aromatic rings. The maximum absolute atomic E-state index is 12.9. The minimum absolute atomic E-state index is 0.0119. The van der Waals surface area contributed by atoms with Gasteiger partial charge in [0, 0.05) is 11.6 Å². The highest BCUT2D eigenvalue weighted by atomic mass is 32.2. The molecule has 0 radical (unpaired) electrons. The van der Waals surface area contributed by atoms with Gasteiger partial charge in [-0.05, 0) is 67.0 Å². The van der Waals surface area contributed by atoms with Gasteiger partial charge in [0.25, 0.3) is 5.91 Å². The van der Waals surface area contributed by atoms with Gasteiger partial charge in [-0.1, -0.05) is 74.5 Å². The Labute approximate surface area is 210 Å². The average molecular weight is 493 g/mol. The number of para-hydroxylation sites is 1. The number of benzene rings is 3. The highest BCUT2D eigenvalue weighted by Crippen LogP contribution is 2.29. The number of aryl methyl sites for hydroxylation is 2. The van der Waals surface area contributed by atoms with Gasteiger partial charge in [-0.3, -0.25) is 9.10 Å². The lowest BCUT2D eigenvalue weighted by Gasteiger charge is -2.29. The Morgan fingerprint density at radius 3 is 2.03 bits per heavy atom. The smallest absolute Gasteiger partial charge is 0.251 e. The Morgan fingerprint density at radius 1 is 0.914 bits per heavy atom. The van der Waals surface area contributed by atoms with Crippen molar-refractivity contribution in [2.75, 3.05) is 10.6 Å². The fraction of sp³-hybridized carbons (Fsp3) is 0.345. The van der Waals surface area contributed by atoms with Crippen molar-refractivity contribution in [3.05, 3.63) is 101 Å². The normalized spacial score (nSPS) is 12.7. The third-order valence-electron chi connectivity index (χ3n) is 6.38. The van der Waals surface area contributed by atoms with E-state index >= 15 is 0 Å². The van der Waals surface area contributed by atoms with Crippen molar-refractivity contribution in [2.45, 2.75) is 59.0 Å². The summed E-state index contributed by atoms with van der Waals surface area (Å²) in [5, 5.41) is 3.10. The van der Waals surface area contributed by atoms with Gasteiger partial charge in [0.1, 0.15) is 0 Å². The van der Waals surface area contributed by atoms with E-state index in [1.807, 2.05) is 69.3 Å². The minimum atomic E-state index is -3.49. The van der Waals surface area contributed by atoms with Crippen molar-refractivity contribution in [3.8, 4) is 0 Å². The van der Waals surface area contributed by atoms with Crippen molar-refractivity contribution in [1.82, 2.24) is 5.32 Å². The highest BCUT2D eigenvalue weighted by molar-refractivity contribution is 7.92. The molecule has 1 N–H and O–H groups in total. The molecule has 3 rings (SSSR count). The molecule has 0 spiro atoms. The predicted molar refractivity (Wildman–Crippen MR) is 144 cm³/mol. The quantitative estimate of drug-likeness (QED) is 0.413. The van der Waals surface area contributed by atoms with E-state index in [-0.39, 0.29) is 23.9 Å². The zero-order chi connectivity index (χ0) is 25.8. The van der Waals surface area contributed by atoms with E-state index in [1.54, 1.807) is 12.1 Å². The van der Waals surface area contributed by atoms with Gasteiger partial charge in [0.2, 0.25) is 10.0 Å². The van der Waals surface area contributed by atoms with Gasteiger partial charge >= 0.3 is 0 Å². The molecule has 3 aromatic carbocycles. The summed E-state index contributed by atoms with van der Waals surface area (Å²) < 4.78 is 26.7. The van der Waals surface area contributed by atoms with E-state index < -0.39 is 10.0 Å². The van der Waals surface area contributed by atoms with E-state index in [4.69, 9.17) is 0 Å². The van der Waals surface area contributed by atoms with Crippen molar-refractivity contribution >= 4 is 21.6 Å². The first-order chi connectivity index (χ1) is 16.4. The molecular weight excluding hydrogens is 456 g/mol. The number of hydrogen-bond donors (Lipinski definition) is 1. The molecule has 0 saturated carbocycles. The molecule has 0 aliphatic carbocycles. The number of nitrogens with one attached hydrogen (secondary N) is 1. The Balaban J connectivity index is 1.70. The van der Waals surface area contributed by atoms with Crippen LogP contribution in [0.1, 0.15) is 59.8 Å². The zero-order valence-corrected chi connectivity index (χ0v) is 22.3. The Morgan fingerprint density at radius 2 is 1.49 bits per heavy atom. The Bertz CT molecular complexity index is 1250. The fourth-order valence-corrected chi connectivity index (χ4v) is 5.62. The SMILES string of the molecule is Cc1cccc(C)c1N(Cc1ccc(C(=O)NC(C)CC(C)(C)c2ccccc2)cc1)S(C)(=O)=O. The zero-order valence-electron chi connectivity index (χ0n) is 21.5. The number of anilines is 1. The third kappa shape index (κ3) is 6.73. The molecule has 35 heavy (non-hydrogen) atoms. The molecule has 6 heteroatoms. The second kappa shape index (κ2) is 10.6. The number of rotatable bonds is 9. The van der Waals surface area contributed by atoms with Gasteiger partial charge in [0.15, 0.2) is 0 Å². The highest BCUT2D eigenvalue weighted by Gasteiger charge is 2.25. The van der Waals surface area contributed by atoms with Crippen LogP contribution in [-0.4, -0.2) is 26.6 Å². The summed E-state index contributed by atoms with van der Waals surface area (Å²) in [5.41, 5.74) is 5.04. The molecule has 0 saturated heterocycles. The number of nitrogens with zero attached hydrogens (tertiary/aromatic N) is 1. The standard InChI is InChI=1S/C29H36N2O3S/c1-21-11-10-12-22(2)27(21)31(35(6,33)34)20-24-15-17-25(18-16-24)28(32)30-23(3)19-29(4,5)26-13-8-7-9-14-26/h7-18,23H,19-20H2,1-6H3,(H,30,32). The van der Waals surface area contributed by atoms with Crippen LogP contribution in [-0.2, 0) is 22.0 Å². The fourth-order valence-electron chi connectivity index (χ4n) is 4.62. The summed E-state index contributed by atoms with van der Waals surface area (Å²) in [7, 11) is -3.49. The van der Waals surface area contributed by atoms with Crippen LogP contribution in [0.2, 0.25) is 0 Å². The minimum Gasteiger partial charge on any atom is -0.350 e. The summed E-state index contributed by atoms with van der Waals surface area (Å²) in [6.45, 7) is 10.4. The number of amides is 1. The second-order valence-corrected chi connectivity index (χ2v) is 11.9. The van der Waals surface area contributed by atoms with Crippen LogP contribution in [0.3, 0.4) is 0 Å². The maximum atomic E-state index is 12.9. The molecule has 0 bridgehead atoms. The first kappa shape index (κ1) is 26.5. The average Bonchev–Trinajstić information content (AvgIpc) is 2.78. The number of carbonyl (C=O) groups is 1. The summed E-state index contributed by atoms with van der Waals surface area (Å²) in [4.78, 5) is 12.9. The molecule has 0 heterocycles. The van der Waals surface area contributed by atoms with E-state index in [1.165, 1.54) is 16.1 Å². The molecule has 0 aromatic heterocycles. The van der Waals surface area contributed by atoms with Crippen molar-refractivity contribution < 1.29 is 13.2 Å². The summed E-state index contributed by atoms with van der Waals surface area (Å²) in [6, 6.07) is 23.2. The third-order valence-corrected chi connectivity index (χ3v) is 7.49. The molecule has 1 atom stereocenters. The van der Waals surface area contributed by atoms with E-state index in [0.717, 1.165) is 23.1 Å². The Hall–Kier alpha value is -3.12. The van der Waals surface area contributed by atoms with E-state index in [2.05, 4.69) is 31.3 Å². The number of hydrogen-bond acceptors (Lipinski definition) is 3. The van der Waals surface area contributed by atoms with Crippen molar-refractivity contribution in [2.24, 2.45) is 0 Å². The molecule has 1 amide bonds. The van der Waals surface area contributed by atoms with Gasteiger partial charge in [-0.15, -0.1) is 0 Å². The summed E-state index contributed by atoms with van der Waals surface area (Å²) in [6.07, 6.45) is 2.03. The van der Waals surface area contributed by atoms with Crippen molar-refractivity contribution in [1.29, 1.82) is 0 Å². The molecule has 186 valence electrons. The molecule has 0 aliphatic rings. The van der Waals surface area contributed by atoms with Crippen LogP contribution < -0.4 is 9.62 Å². The second-order valence-electron chi connectivity index (χ2n) is 10.0. The van der Waals surface area contributed by atoms with E-state index in [0.29, 0.717) is 11.3 Å². The van der Waals surface area contributed by atoms with Crippen LogP contribution in [0.15, 0.2) is 72.8 Å². The van der Waals surface area contributed by atoms with Crippen LogP contribution in [0.25, 0.3) is 0 Å². The molecule has 0 fully saturated rings. The van der Waals surface area contributed by atoms with E-state index in [9.17, 15) is 13.2 Å². The van der Waals surface area contributed by atoms with Gasteiger partial charge in [-0.2, -0.15) is 0 Å². The maximum Gasteiger partial charge on any atom is 0.251 e. The first-order valence-corrected chi connectivity index (χ1v) is 13.7. The van der Waals surface area contributed by atoms with Gasteiger partial charge in [0.05, 0.1) is 18.5 Å². The topological polar surface area (TPSA) is 66.5 Å². The van der Waals surface area contributed by atoms with Crippen LogP contribution in [0, 0.1) is 13.8 Å². The summed E-state index contributed by atoms with van der Waals surface area (Å²) in [5.74, 6) is -0.136. The largest absolute Gasteiger partial charge is 0.350 e. The summed E-state index contributed by atoms with van der Waals surface area (Å²) >= 11 is 0. The Kier molecular flexibility index (Phi) is 8.06. The lowest BCUT2D eigenvalue weighted by Crippen LogP contribution is -2.37. The van der Waals surface area contributed by atoms with Gasteiger partial charge in [-0.25, -0.2) is 8.42 Å². The molecule has 1 unspecified atom stereocenters. The molecule has 5 nitrogen and oxygen atoms in total. The van der Waals surface area contributed by atoms with Crippen LogP contribution in [0.5, 0.6) is 0 Å².